The molecule has 0 spiro atoms. The van der Waals surface area contributed by atoms with E-state index in [2.05, 4.69) is 87.7 Å². The van der Waals surface area contributed by atoms with E-state index in [9.17, 15) is 0 Å². The molecule has 2 heterocycles. The summed E-state index contributed by atoms with van der Waals surface area (Å²) in [6, 6.07) is 1.27. The van der Waals surface area contributed by atoms with E-state index in [0.29, 0.717) is 30.0 Å². The maximum Gasteiger partial charge on any atom is 0.218 e. The van der Waals surface area contributed by atoms with Crippen molar-refractivity contribution in [1.82, 2.24) is 20.4 Å². The lowest BCUT2D eigenvalue weighted by Crippen LogP contribution is -2.63. The third-order valence-corrected chi connectivity index (χ3v) is 9.71. The van der Waals surface area contributed by atoms with Gasteiger partial charge in [-0.1, -0.05) is 39.0 Å². The van der Waals surface area contributed by atoms with Gasteiger partial charge in [0.15, 0.2) is 5.96 Å². The van der Waals surface area contributed by atoms with Crippen molar-refractivity contribution in [2.75, 3.05) is 19.6 Å². The summed E-state index contributed by atoms with van der Waals surface area (Å²) in [6.07, 6.45) is 15.3. The Kier molecular flexibility index (Phi) is 12.2. The molecule has 8 heteroatoms. The Labute approximate surface area is 259 Å². The number of guanidine groups is 2. The molecule has 0 unspecified atom stereocenters. The quantitative estimate of drug-likeness (QED) is 0.139. The zero-order valence-corrected chi connectivity index (χ0v) is 29.0. The fraction of sp³-hybridized carbons (Fsp3) is 0.941. The number of nitrogens with two attached hydrogens (primary N) is 2. The first-order chi connectivity index (χ1) is 19.5. The van der Waals surface area contributed by atoms with Crippen molar-refractivity contribution in [2.24, 2.45) is 21.5 Å². The molecular formula is C34H68N8. The lowest BCUT2D eigenvalue weighted by Gasteiger charge is -2.50. The van der Waals surface area contributed by atoms with Gasteiger partial charge < -0.3 is 31.9 Å². The highest BCUT2D eigenvalue weighted by atomic mass is 15.3. The number of nitrogens with zero attached hydrogens (tertiary/aromatic N) is 4. The number of unbranched alkanes of at least 4 members (excludes halogenated alkanes) is 3. The summed E-state index contributed by atoms with van der Waals surface area (Å²) < 4.78 is 0. The maximum atomic E-state index is 6.74. The highest BCUT2D eigenvalue weighted by Crippen LogP contribution is 2.33. The molecule has 0 bridgehead atoms. The Bertz CT molecular complexity index is 867. The van der Waals surface area contributed by atoms with Crippen LogP contribution in [0.25, 0.3) is 0 Å². The summed E-state index contributed by atoms with van der Waals surface area (Å²) in [5.41, 5.74) is 13.5. The van der Waals surface area contributed by atoms with E-state index in [-0.39, 0.29) is 22.2 Å². The Hall–Kier alpha value is -1.38. The number of rotatable bonds is 11. The molecule has 2 aliphatic heterocycles. The summed E-state index contributed by atoms with van der Waals surface area (Å²) in [6.45, 7) is 24.2. The average Bonchev–Trinajstić information content (AvgIpc) is 2.82. The first kappa shape index (κ1) is 35.1. The third-order valence-electron chi connectivity index (χ3n) is 9.71. The van der Waals surface area contributed by atoms with Crippen LogP contribution in [0, 0.1) is 0 Å². The van der Waals surface area contributed by atoms with Crippen molar-refractivity contribution in [3.05, 3.63) is 0 Å². The molecule has 6 N–H and O–H groups in total. The zero-order valence-electron chi connectivity index (χ0n) is 29.0. The molecule has 42 heavy (non-hydrogen) atoms. The standard InChI is InChI=1S/C34H68N8/c1-10-41(27-22-31(2,3)39-32(4,5)23-27)20-16-11-12-17-21-42(28-24-33(6,7)40-34(8,9)25-28)30(36)38-29(35)37-26-18-14-13-15-19-26/h26-28,39-40H,10-25H2,1-9H3,(H4,35,36,37,38). The topological polar surface area (TPSA) is 107 Å². The van der Waals surface area contributed by atoms with Gasteiger partial charge in [-0.05, 0) is 120 Å². The summed E-state index contributed by atoms with van der Waals surface area (Å²) in [5, 5.41) is 7.67. The van der Waals surface area contributed by atoms with E-state index in [4.69, 9.17) is 16.5 Å². The van der Waals surface area contributed by atoms with E-state index in [1.54, 1.807) is 0 Å². The van der Waals surface area contributed by atoms with Gasteiger partial charge in [0, 0.05) is 40.8 Å². The van der Waals surface area contributed by atoms with Crippen LogP contribution in [-0.2, 0) is 0 Å². The van der Waals surface area contributed by atoms with Gasteiger partial charge in [-0.3, -0.25) is 0 Å². The predicted molar refractivity (Wildman–Crippen MR) is 181 cm³/mol. The lowest BCUT2D eigenvalue weighted by molar-refractivity contribution is 0.0680. The molecule has 244 valence electrons. The number of piperidine rings is 2. The van der Waals surface area contributed by atoms with Gasteiger partial charge in [-0.2, -0.15) is 4.99 Å². The van der Waals surface area contributed by atoms with Crippen LogP contribution in [0.3, 0.4) is 0 Å². The SMILES string of the molecule is CCN(CCCCCCN(C(N)=NC(N)=NC1CCCCC1)C1CC(C)(C)NC(C)(C)C1)C1CC(C)(C)NC(C)(C)C1. The van der Waals surface area contributed by atoms with Crippen LogP contribution >= 0.6 is 0 Å². The molecule has 8 nitrogen and oxygen atoms in total. The van der Waals surface area contributed by atoms with Crippen molar-refractivity contribution >= 4 is 11.9 Å². The second kappa shape index (κ2) is 14.6. The smallest absolute Gasteiger partial charge is 0.218 e. The molecule has 2 saturated heterocycles. The molecule has 0 aromatic carbocycles. The van der Waals surface area contributed by atoms with Crippen molar-refractivity contribution in [3.8, 4) is 0 Å². The van der Waals surface area contributed by atoms with Gasteiger partial charge in [0.05, 0.1) is 6.04 Å². The van der Waals surface area contributed by atoms with E-state index in [0.717, 1.165) is 45.2 Å². The van der Waals surface area contributed by atoms with Crippen molar-refractivity contribution in [1.29, 1.82) is 0 Å². The van der Waals surface area contributed by atoms with Crippen LogP contribution < -0.4 is 22.1 Å². The molecule has 0 atom stereocenters. The van der Waals surface area contributed by atoms with Gasteiger partial charge >= 0.3 is 0 Å². The van der Waals surface area contributed by atoms with Crippen LogP contribution in [0.5, 0.6) is 0 Å². The molecule has 1 aliphatic carbocycles. The maximum absolute atomic E-state index is 6.74. The van der Waals surface area contributed by atoms with Gasteiger partial charge in [0.25, 0.3) is 0 Å². The highest BCUT2D eigenvalue weighted by molar-refractivity contribution is 5.93. The normalized spacial score (nSPS) is 25.6. The number of hydrogen-bond acceptors (Lipinski definition) is 4. The number of aliphatic imine (C=N–C) groups is 2. The number of hydrogen-bond donors (Lipinski definition) is 4. The van der Waals surface area contributed by atoms with Crippen LogP contribution in [0.1, 0.15) is 146 Å². The van der Waals surface area contributed by atoms with Crippen LogP contribution in [0.2, 0.25) is 0 Å². The summed E-state index contributed by atoms with van der Waals surface area (Å²) in [4.78, 5) is 14.5. The van der Waals surface area contributed by atoms with Gasteiger partial charge in [-0.25, -0.2) is 4.99 Å². The fourth-order valence-corrected chi connectivity index (χ4v) is 8.66. The van der Waals surface area contributed by atoms with Gasteiger partial charge in [-0.15, -0.1) is 0 Å². The van der Waals surface area contributed by atoms with Crippen LogP contribution in [-0.4, -0.2) is 81.6 Å². The van der Waals surface area contributed by atoms with E-state index < -0.39 is 0 Å². The summed E-state index contributed by atoms with van der Waals surface area (Å²) in [5.74, 6) is 0.889. The molecule has 3 aliphatic rings. The summed E-state index contributed by atoms with van der Waals surface area (Å²) in [7, 11) is 0. The first-order valence-corrected chi connectivity index (χ1v) is 17.3. The Balaban J connectivity index is 1.58. The van der Waals surface area contributed by atoms with E-state index in [1.165, 1.54) is 57.9 Å². The Morgan fingerprint density at radius 2 is 1.17 bits per heavy atom. The van der Waals surface area contributed by atoms with E-state index in [1.807, 2.05) is 0 Å². The Morgan fingerprint density at radius 3 is 1.67 bits per heavy atom. The molecule has 3 rings (SSSR count). The molecule has 0 radical (unpaired) electrons. The average molecular weight is 589 g/mol. The summed E-state index contributed by atoms with van der Waals surface area (Å²) >= 11 is 0. The lowest BCUT2D eigenvalue weighted by atomic mass is 9.79. The zero-order chi connectivity index (χ0) is 31.2. The van der Waals surface area contributed by atoms with Crippen molar-refractivity contribution < 1.29 is 0 Å². The fourth-order valence-electron chi connectivity index (χ4n) is 8.66. The molecule has 0 aromatic rings. The minimum Gasteiger partial charge on any atom is -0.369 e. The molecule has 0 amide bonds. The molecule has 1 saturated carbocycles. The van der Waals surface area contributed by atoms with Crippen LogP contribution in [0.15, 0.2) is 9.98 Å². The second-order valence-corrected chi connectivity index (χ2v) is 16.4. The largest absolute Gasteiger partial charge is 0.369 e. The second-order valence-electron chi connectivity index (χ2n) is 16.4. The van der Waals surface area contributed by atoms with Gasteiger partial charge in [0.1, 0.15) is 0 Å². The molecule has 3 fully saturated rings. The monoisotopic (exact) mass is 589 g/mol. The van der Waals surface area contributed by atoms with Crippen molar-refractivity contribution in [2.45, 2.75) is 186 Å². The van der Waals surface area contributed by atoms with Gasteiger partial charge in [0.2, 0.25) is 5.96 Å². The first-order valence-electron chi connectivity index (χ1n) is 17.3. The van der Waals surface area contributed by atoms with E-state index >= 15 is 0 Å². The molecular weight excluding hydrogens is 520 g/mol. The van der Waals surface area contributed by atoms with Crippen LogP contribution in [0.4, 0.5) is 0 Å². The third kappa shape index (κ3) is 11.3. The number of nitrogens with one attached hydrogen (secondary N) is 2. The Morgan fingerprint density at radius 1 is 0.690 bits per heavy atom. The highest BCUT2D eigenvalue weighted by Gasteiger charge is 2.41. The molecule has 0 aromatic heterocycles. The minimum absolute atomic E-state index is 0.0358. The predicted octanol–water partition coefficient (Wildman–Crippen LogP) is 5.75. The van der Waals surface area contributed by atoms with Crippen molar-refractivity contribution in [3.63, 3.8) is 0 Å². The minimum atomic E-state index is 0.0358.